The third kappa shape index (κ3) is 2.53. The predicted molar refractivity (Wildman–Crippen MR) is 72.6 cm³/mol. The maximum Gasteiger partial charge on any atom is 0.227 e. The van der Waals surface area contributed by atoms with Gasteiger partial charge in [0, 0.05) is 18.6 Å². The van der Waals surface area contributed by atoms with E-state index in [4.69, 9.17) is 4.42 Å². The summed E-state index contributed by atoms with van der Waals surface area (Å²) in [5, 5.41) is 10.6. The first-order chi connectivity index (χ1) is 10.1. The third-order valence-corrected chi connectivity index (χ3v) is 3.20. The van der Waals surface area contributed by atoms with Crippen LogP contribution in [0.3, 0.4) is 0 Å². The molecule has 3 aromatic heterocycles. The van der Waals surface area contributed by atoms with E-state index in [0.717, 1.165) is 0 Å². The lowest BCUT2D eigenvalue weighted by molar-refractivity contribution is 0.0774. The minimum atomic E-state index is -1.33. The largest absolute Gasteiger partial charge is 0.438 e. The number of rotatable bonds is 3. The van der Waals surface area contributed by atoms with E-state index < -0.39 is 11.5 Å². The fourth-order valence-electron chi connectivity index (χ4n) is 1.95. The Balaban J connectivity index is 1.96. The molecule has 0 aliphatic heterocycles. The molecule has 0 saturated carbocycles. The van der Waals surface area contributed by atoms with Crippen LogP contribution in [0.4, 0.5) is 4.39 Å². The molecule has 0 radical (unpaired) electrons. The van der Waals surface area contributed by atoms with Crippen LogP contribution in [0.5, 0.6) is 0 Å². The summed E-state index contributed by atoms with van der Waals surface area (Å²) in [4.78, 5) is 11.6. The first-order valence-corrected chi connectivity index (χ1v) is 6.28. The van der Waals surface area contributed by atoms with E-state index in [0.29, 0.717) is 11.1 Å². The van der Waals surface area contributed by atoms with E-state index in [1.807, 2.05) is 0 Å². The smallest absolute Gasteiger partial charge is 0.227 e. The zero-order valence-electron chi connectivity index (χ0n) is 11.2. The maximum atomic E-state index is 12.8. The van der Waals surface area contributed by atoms with Crippen molar-refractivity contribution in [2.24, 2.45) is 0 Å². The molecule has 21 heavy (non-hydrogen) atoms. The van der Waals surface area contributed by atoms with E-state index in [2.05, 4.69) is 15.0 Å². The first kappa shape index (κ1) is 13.4. The molecule has 6 heteroatoms. The van der Waals surface area contributed by atoms with Gasteiger partial charge in [0.05, 0.1) is 11.8 Å². The Kier molecular flexibility index (Phi) is 3.23. The van der Waals surface area contributed by atoms with Crippen molar-refractivity contribution < 1.29 is 13.9 Å². The Morgan fingerprint density at radius 3 is 2.52 bits per heavy atom. The summed E-state index contributed by atoms with van der Waals surface area (Å²) in [6.45, 7) is 1.61. The summed E-state index contributed by atoms with van der Waals surface area (Å²) >= 11 is 0. The number of aromatic nitrogens is 3. The van der Waals surface area contributed by atoms with Crippen molar-refractivity contribution in [3.63, 3.8) is 0 Å². The normalized spacial score (nSPS) is 13.9. The van der Waals surface area contributed by atoms with Gasteiger partial charge < -0.3 is 9.52 Å². The van der Waals surface area contributed by atoms with Crippen LogP contribution < -0.4 is 0 Å². The maximum absolute atomic E-state index is 12.8. The molecular weight excluding hydrogens is 273 g/mol. The summed E-state index contributed by atoms with van der Waals surface area (Å²) in [5.74, 6) is -0.0193. The molecule has 0 aliphatic carbocycles. The predicted octanol–water partition coefficient (Wildman–Crippen LogP) is 2.53. The Hall–Kier alpha value is -2.60. The van der Waals surface area contributed by atoms with Crippen LogP contribution in [0.1, 0.15) is 18.2 Å². The van der Waals surface area contributed by atoms with Gasteiger partial charge in [-0.25, -0.2) is 9.97 Å². The molecule has 0 fully saturated rings. The molecule has 1 atom stereocenters. The average Bonchev–Trinajstić information content (AvgIpc) is 2.99. The van der Waals surface area contributed by atoms with Crippen LogP contribution in [0.25, 0.3) is 11.5 Å². The zero-order chi connectivity index (χ0) is 14.9. The highest BCUT2D eigenvalue weighted by molar-refractivity contribution is 5.51. The van der Waals surface area contributed by atoms with Crippen molar-refractivity contribution in [3.05, 3.63) is 66.3 Å². The van der Waals surface area contributed by atoms with Gasteiger partial charge in [-0.3, -0.25) is 4.98 Å². The second-order valence-electron chi connectivity index (χ2n) is 4.71. The molecule has 1 unspecified atom stereocenters. The molecule has 0 amide bonds. The van der Waals surface area contributed by atoms with Crippen molar-refractivity contribution in [2.75, 3.05) is 0 Å². The lowest BCUT2D eigenvalue weighted by atomic mass is 9.95. The lowest BCUT2D eigenvalue weighted by Crippen LogP contribution is -2.21. The van der Waals surface area contributed by atoms with Crippen molar-refractivity contribution in [2.45, 2.75) is 12.5 Å². The van der Waals surface area contributed by atoms with Crippen molar-refractivity contribution in [1.29, 1.82) is 0 Å². The zero-order valence-corrected chi connectivity index (χ0v) is 11.2. The molecule has 1 N–H and O–H groups in total. The minimum Gasteiger partial charge on any atom is -0.438 e. The first-order valence-electron chi connectivity index (χ1n) is 6.28. The van der Waals surface area contributed by atoms with Gasteiger partial charge >= 0.3 is 0 Å². The van der Waals surface area contributed by atoms with Gasteiger partial charge in [-0.2, -0.15) is 4.39 Å². The SMILES string of the molecule is CC(O)(c1ccncc1)c1cnc(-c2ccc(F)nc2)o1. The molecule has 0 aliphatic rings. The van der Waals surface area contributed by atoms with E-state index in [1.165, 1.54) is 24.5 Å². The van der Waals surface area contributed by atoms with Gasteiger partial charge in [0.1, 0.15) is 5.60 Å². The molecule has 0 aromatic carbocycles. The van der Waals surface area contributed by atoms with Crippen LogP contribution in [0.2, 0.25) is 0 Å². The topological polar surface area (TPSA) is 72.0 Å². The average molecular weight is 285 g/mol. The Bertz CT molecular complexity index is 739. The monoisotopic (exact) mass is 285 g/mol. The molecule has 106 valence electrons. The summed E-state index contributed by atoms with van der Waals surface area (Å²) in [6, 6.07) is 6.13. The van der Waals surface area contributed by atoms with Crippen molar-refractivity contribution in [1.82, 2.24) is 15.0 Å². The van der Waals surface area contributed by atoms with E-state index in [-0.39, 0.29) is 11.7 Å². The van der Waals surface area contributed by atoms with Gasteiger partial charge in [-0.05, 0) is 36.8 Å². The highest BCUT2D eigenvalue weighted by Gasteiger charge is 2.30. The molecule has 0 bridgehead atoms. The van der Waals surface area contributed by atoms with E-state index in [9.17, 15) is 9.50 Å². The number of pyridine rings is 2. The highest BCUT2D eigenvalue weighted by atomic mass is 19.1. The lowest BCUT2D eigenvalue weighted by Gasteiger charge is -2.20. The van der Waals surface area contributed by atoms with Gasteiger partial charge in [0.2, 0.25) is 11.8 Å². The van der Waals surface area contributed by atoms with Crippen molar-refractivity contribution in [3.8, 4) is 11.5 Å². The molecule has 0 saturated heterocycles. The fraction of sp³-hybridized carbons (Fsp3) is 0.133. The number of hydrogen-bond donors (Lipinski definition) is 1. The number of nitrogens with zero attached hydrogens (tertiary/aromatic N) is 3. The Labute approximate surface area is 120 Å². The summed E-state index contributed by atoms with van der Waals surface area (Å²) in [5.41, 5.74) is -0.160. The van der Waals surface area contributed by atoms with E-state index >= 15 is 0 Å². The molecular formula is C15H12FN3O2. The molecule has 3 aromatic rings. The minimum absolute atomic E-state index is 0.270. The highest BCUT2D eigenvalue weighted by Crippen LogP contribution is 2.31. The summed E-state index contributed by atoms with van der Waals surface area (Å²) in [7, 11) is 0. The molecule has 3 rings (SSSR count). The van der Waals surface area contributed by atoms with Crippen LogP contribution >= 0.6 is 0 Å². The second kappa shape index (κ2) is 5.06. The standard InChI is InChI=1S/C15H12FN3O2/c1-15(20,11-4-6-17-7-5-11)12-9-19-14(21-12)10-2-3-13(16)18-8-10/h2-9,20H,1H3. The van der Waals surface area contributed by atoms with Gasteiger partial charge in [0.25, 0.3) is 0 Å². The van der Waals surface area contributed by atoms with Crippen LogP contribution in [-0.4, -0.2) is 20.1 Å². The molecule has 3 heterocycles. The second-order valence-corrected chi connectivity index (χ2v) is 4.71. The number of hydrogen-bond acceptors (Lipinski definition) is 5. The van der Waals surface area contributed by atoms with Crippen LogP contribution in [0, 0.1) is 5.95 Å². The number of oxazole rings is 1. The molecule has 0 spiro atoms. The fourth-order valence-corrected chi connectivity index (χ4v) is 1.95. The van der Waals surface area contributed by atoms with Gasteiger partial charge in [-0.1, -0.05) is 0 Å². The van der Waals surface area contributed by atoms with Gasteiger partial charge in [-0.15, -0.1) is 0 Å². The quantitative estimate of drug-likeness (QED) is 0.749. The van der Waals surface area contributed by atoms with Gasteiger partial charge in [0.15, 0.2) is 5.76 Å². The Morgan fingerprint density at radius 2 is 1.86 bits per heavy atom. The molecule has 5 nitrogen and oxygen atoms in total. The van der Waals surface area contributed by atoms with Crippen LogP contribution in [0.15, 0.2) is 53.5 Å². The summed E-state index contributed by atoms with van der Waals surface area (Å²) < 4.78 is 18.4. The third-order valence-electron chi connectivity index (χ3n) is 3.20. The van der Waals surface area contributed by atoms with Crippen molar-refractivity contribution >= 4 is 0 Å². The summed E-state index contributed by atoms with van der Waals surface area (Å²) in [6.07, 6.45) is 5.95. The number of aliphatic hydroxyl groups is 1. The Morgan fingerprint density at radius 1 is 1.10 bits per heavy atom. The number of halogens is 1. The van der Waals surface area contributed by atoms with Crippen LogP contribution in [-0.2, 0) is 5.60 Å². The van der Waals surface area contributed by atoms with E-state index in [1.54, 1.807) is 31.5 Å².